The SMILES string of the molecule is NC(=O)C1(c2ccccc2)CCN(C(=O)c2cc(-c3ccc(S(=O)CCCC(F)(F)F)cc3)c(-c3ccc(Cl)cc3Cl)s2)CC1. The Morgan fingerprint density at radius 1 is 0.933 bits per heavy atom. The lowest BCUT2D eigenvalue weighted by atomic mass is 9.72. The lowest BCUT2D eigenvalue weighted by Crippen LogP contribution is -2.51. The van der Waals surface area contributed by atoms with Crippen LogP contribution in [0.4, 0.5) is 13.2 Å². The van der Waals surface area contributed by atoms with Gasteiger partial charge in [0.1, 0.15) is 0 Å². The molecule has 236 valence electrons. The molecule has 1 unspecified atom stereocenters. The molecule has 5 nitrogen and oxygen atoms in total. The molecule has 45 heavy (non-hydrogen) atoms. The summed E-state index contributed by atoms with van der Waals surface area (Å²) in [5.41, 5.74) is 7.99. The van der Waals surface area contributed by atoms with Crippen molar-refractivity contribution in [2.45, 2.75) is 42.2 Å². The zero-order valence-electron chi connectivity index (χ0n) is 23.9. The first-order valence-corrected chi connectivity index (χ1v) is 17.1. The number of halogens is 5. The van der Waals surface area contributed by atoms with E-state index in [1.165, 1.54) is 11.3 Å². The first-order valence-electron chi connectivity index (χ1n) is 14.2. The van der Waals surface area contributed by atoms with Crippen LogP contribution in [0.5, 0.6) is 0 Å². The van der Waals surface area contributed by atoms with E-state index in [-0.39, 0.29) is 18.1 Å². The Bertz CT molecular complexity index is 1720. The van der Waals surface area contributed by atoms with Gasteiger partial charge in [-0.3, -0.25) is 13.8 Å². The third-order valence-electron chi connectivity index (χ3n) is 8.04. The van der Waals surface area contributed by atoms with Crippen molar-refractivity contribution in [1.29, 1.82) is 0 Å². The molecule has 2 amide bonds. The summed E-state index contributed by atoms with van der Waals surface area (Å²) in [6.45, 7) is 0.686. The van der Waals surface area contributed by atoms with Gasteiger partial charge in [-0.05, 0) is 60.7 Å². The van der Waals surface area contributed by atoms with Crippen molar-refractivity contribution in [2.24, 2.45) is 5.73 Å². The number of thiophene rings is 1. The molecule has 2 N–H and O–H groups in total. The van der Waals surface area contributed by atoms with Crippen LogP contribution in [0.3, 0.4) is 0 Å². The summed E-state index contributed by atoms with van der Waals surface area (Å²) >= 11 is 14.0. The molecule has 1 aliphatic rings. The summed E-state index contributed by atoms with van der Waals surface area (Å²) in [4.78, 5) is 29.8. The largest absolute Gasteiger partial charge is 0.389 e. The normalized spacial score (nSPS) is 15.5. The molecule has 1 saturated heterocycles. The molecule has 4 aromatic rings. The van der Waals surface area contributed by atoms with Crippen LogP contribution in [-0.4, -0.2) is 45.9 Å². The van der Waals surface area contributed by atoms with Crippen LogP contribution in [0.1, 0.15) is 40.9 Å². The van der Waals surface area contributed by atoms with E-state index in [0.29, 0.717) is 51.3 Å². The number of alkyl halides is 3. The van der Waals surface area contributed by atoms with Crippen LogP contribution in [0, 0.1) is 0 Å². The molecule has 0 saturated carbocycles. The summed E-state index contributed by atoms with van der Waals surface area (Å²) in [6, 6.07) is 23.0. The lowest BCUT2D eigenvalue weighted by molar-refractivity contribution is -0.134. The number of benzene rings is 3. The number of rotatable bonds is 9. The number of carbonyl (C=O) groups is 2. The highest BCUT2D eigenvalue weighted by Gasteiger charge is 2.42. The molecule has 12 heteroatoms. The lowest BCUT2D eigenvalue weighted by Gasteiger charge is -2.40. The van der Waals surface area contributed by atoms with Gasteiger partial charge in [0.2, 0.25) is 5.91 Å². The standard InChI is InChI=1S/C33H29Cl2F3N2O3S2/c34-23-9-12-25(27(35)19-23)29-26(21-7-10-24(11-8-21)45(43)18-4-13-33(36,37)38)20-28(44-29)30(41)40-16-14-32(15-17-40,31(39)42)22-5-2-1-3-6-22/h1-3,5-12,19-20H,4,13-18H2,(H2,39,42). The van der Waals surface area contributed by atoms with E-state index >= 15 is 0 Å². The minimum atomic E-state index is -4.29. The Balaban J connectivity index is 1.42. The molecule has 1 aromatic heterocycles. The molecule has 0 aliphatic carbocycles. The molecule has 1 atom stereocenters. The van der Waals surface area contributed by atoms with Crippen molar-refractivity contribution in [3.63, 3.8) is 0 Å². The number of likely N-dealkylation sites (tertiary alicyclic amines) is 1. The van der Waals surface area contributed by atoms with Gasteiger partial charge in [-0.15, -0.1) is 11.3 Å². The van der Waals surface area contributed by atoms with E-state index < -0.39 is 34.7 Å². The maximum atomic E-state index is 13.8. The van der Waals surface area contributed by atoms with Gasteiger partial charge < -0.3 is 10.6 Å². The monoisotopic (exact) mass is 692 g/mol. The number of nitrogens with two attached hydrogens (primary N) is 1. The van der Waals surface area contributed by atoms with E-state index in [4.69, 9.17) is 28.9 Å². The zero-order chi connectivity index (χ0) is 32.4. The van der Waals surface area contributed by atoms with Crippen molar-refractivity contribution in [3.8, 4) is 21.6 Å². The number of hydrogen-bond acceptors (Lipinski definition) is 4. The smallest absolute Gasteiger partial charge is 0.369 e. The van der Waals surface area contributed by atoms with Gasteiger partial charge >= 0.3 is 6.18 Å². The van der Waals surface area contributed by atoms with Crippen LogP contribution >= 0.6 is 34.5 Å². The van der Waals surface area contributed by atoms with Crippen LogP contribution < -0.4 is 5.73 Å². The maximum absolute atomic E-state index is 13.8. The summed E-state index contributed by atoms with van der Waals surface area (Å²) < 4.78 is 50.2. The molecule has 0 bridgehead atoms. The Hall–Kier alpha value is -3.18. The number of carbonyl (C=O) groups excluding carboxylic acids is 2. The minimum absolute atomic E-state index is 0.0985. The first-order chi connectivity index (χ1) is 21.4. The summed E-state index contributed by atoms with van der Waals surface area (Å²) in [7, 11) is -1.59. The first kappa shape index (κ1) is 33.2. The van der Waals surface area contributed by atoms with E-state index in [1.54, 1.807) is 53.4 Å². The highest BCUT2D eigenvalue weighted by molar-refractivity contribution is 7.85. The molecule has 1 aliphatic heterocycles. The quantitative estimate of drug-likeness (QED) is 0.191. The zero-order valence-corrected chi connectivity index (χ0v) is 27.1. The Kier molecular flexibility index (Phi) is 10.1. The molecule has 3 aromatic carbocycles. The Labute approximate surface area is 275 Å². The van der Waals surface area contributed by atoms with Gasteiger partial charge in [-0.1, -0.05) is 71.7 Å². The second-order valence-corrected chi connectivity index (χ2v) is 14.3. The summed E-state index contributed by atoms with van der Waals surface area (Å²) in [5.74, 6) is -0.701. The van der Waals surface area contributed by atoms with Gasteiger partial charge in [-0.2, -0.15) is 13.2 Å². The predicted molar refractivity (Wildman–Crippen MR) is 174 cm³/mol. The number of piperidine rings is 1. The average molecular weight is 694 g/mol. The fourth-order valence-electron chi connectivity index (χ4n) is 5.57. The van der Waals surface area contributed by atoms with Crippen molar-refractivity contribution in [3.05, 3.63) is 99.3 Å². The van der Waals surface area contributed by atoms with Crippen molar-refractivity contribution in [1.82, 2.24) is 4.90 Å². The fraction of sp³-hybridized carbons (Fsp3) is 0.273. The van der Waals surface area contributed by atoms with Crippen LogP contribution in [0.25, 0.3) is 21.6 Å². The van der Waals surface area contributed by atoms with Crippen LogP contribution in [0.2, 0.25) is 10.0 Å². The molecule has 1 fully saturated rings. The number of nitrogens with zero attached hydrogens (tertiary/aromatic N) is 1. The van der Waals surface area contributed by atoms with Crippen molar-refractivity contribution < 1.29 is 27.0 Å². The Morgan fingerprint density at radius 2 is 1.60 bits per heavy atom. The molecule has 2 heterocycles. The molecular weight excluding hydrogens is 664 g/mol. The minimum Gasteiger partial charge on any atom is -0.369 e. The van der Waals surface area contributed by atoms with Gasteiger partial charge in [0.05, 0.1) is 26.1 Å². The predicted octanol–water partition coefficient (Wildman–Crippen LogP) is 8.50. The van der Waals surface area contributed by atoms with Crippen LogP contribution in [0.15, 0.2) is 83.8 Å². The Morgan fingerprint density at radius 3 is 2.20 bits per heavy atom. The molecule has 0 radical (unpaired) electrons. The summed E-state index contributed by atoms with van der Waals surface area (Å²) in [6.07, 6.45) is -4.71. The van der Waals surface area contributed by atoms with Gasteiger partial charge in [0, 0.05) is 51.2 Å². The van der Waals surface area contributed by atoms with E-state index in [1.807, 2.05) is 30.3 Å². The van der Waals surface area contributed by atoms with Crippen LogP contribution in [-0.2, 0) is 21.0 Å². The number of primary amides is 1. The van der Waals surface area contributed by atoms with E-state index in [2.05, 4.69) is 0 Å². The van der Waals surface area contributed by atoms with Gasteiger partial charge in [0.25, 0.3) is 5.91 Å². The maximum Gasteiger partial charge on any atom is 0.389 e. The van der Waals surface area contributed by atoms with Gasteiger partial charge in [0.15, 0.2) is 0 Å². The third kappa shape index (κ3) is 7.46. The molecular formula is C33H29Cl2F3N2O3S2. The second-order valence-electron chi connectivity index (χ2n) is 10.9. The second kappa shape index (κ2) is 13.7. The topological polar surface area (TPSA) is 80.5 Å². The third-order valence-corrected chi connectivity index (χ3v) is 11.2. The fourth-order valence-corrected chi connectivity index (χ4v) is 8.40. The number of amides is 2. The summed E-state index contributed by atoms with van der Waals surface area (Å²) in [5, 5.41) is 0.860. The average Bonchev–Trinajstić information content (AvgIpc) is 3.45. The highest BCUT2D eigenvalue weighted by Crippen LogP contribution is 2.44. The molecule has 5 rings (SSSR count). The van der Waals surface area contributed by atoms with E-state index in [9.17, 15) is 27.0 Å². The molecule has 0 spiro atoms. The van der Waals surface area contributed by atoms with Crippen molar-refractivity contribution >= 4 is 57.2 Å². The highest BCUT2D eigenvalue weighted by atomic mass is 35.5. The van der Waals surface area contributed by atoms with Crippen molar-refractivity contribution in [2.75, 3.05) is 18.8 Å². The van der Waals surface area contributed by atoms with Gasteiger partial charge in [-0.25, -0.2) is 0 Å². The van der Waals surface area contributed by atoms with E-state index in [0.717, 1.165) is 21.6 Å². The number of hydrogen-bond donors (Lipinski definition) is 1.